The van der Waals surface area contributed by atoms with Crippen LogP contribution in [0.1, 0.15) is 13.8 Å². The fourth-order valence-corrected chi connectivity index (χ4v) is 0.766. The van der Waals surface area contributed by atoms with Crippen molar-refractivity contribution in [3.05, 3.63) is 35.5 Å². The first-order chi connectivity index (χ1) is 3.83. The van der Waals surface area contributed by atoms with Crippen molar-refractivity contribution in [3.8, 4) is 0 Å². The van der Waals surface area contributed by atoms with Crippen LogP contribution in [0.25, 0.3) is 0 Å². The molecule has 0 saturated heterocycles. The van der Waals surface area contributed by atoms with Crippen molar-refractivity contribution < 1.29 is 0 Å². The Labute approximate surface area is 50.2 Å². The molecule has 0 aromatic rings. The quantitative estimate of drug-likeness (QED) is 0.445. The monoisotopic (exact) mass is 106 g/mol. The molecule has 0 atom stereocenters. The molecule has 0 bridgehead atoms. The molecule has 0 aromatic carbocycles. The van der Waals surface area contributed by atoms with Gasteiger partial charge in [-0.25, -0.2) is 0 Å². The molecule has 0 saturated carbocycles. The zero-order valence-electron chi connectivity index (χ0n) is 5.31. The van der Waals surface area contributed by atoms with Gasteiger partial charge in [0.05, 0.1) is 0 Å². The maximum Gasteiger partial charge on any atom is -0.0297 e. The summed E-state index contributed by atoms with van der Waals surface area (Å²) in [5.74, 6) is 0. The lowest BCUT2D eigenvalue weighted by molar-refractivity contribution is 1.55. The minimum atomic E-state index is 1.32. The zero-order chi connectivity index (χ0) is 5.98. The number of hydrogen-bond donors (Lipinski definition) is 0. The van der Waals surface area contributed by atoms with Crippen LogP contribution in [0.2, 0.25) is 0 Å². The molecule has 1 rings (SSSR count). The molecule has 0 N–H and O–H groups in total. The van der Waals surface area contributed by atoms with Crippen LogP contribution in [0.15, 0.2) is 35.5 Å². The molecule has 0 aromatic heterocycles. The molecule has 0 amide bonds. The molecular formula is C8H10. The lowest BCUT2D eigenvalue weighted by atomic mass is 10.3. The predicted octanol–water partition coefficient (Wildman–Crippen LogP) is 2.45. The lowest BCUT2D eigenvalue weighted by Gasteiger charge is -1.80. The van der Waals surface area contributed by atoms with Gasteiger partial charge in [-0.2, -0.15) is 0 Å². The average Bonchev–Trinajstić information content (AvgIpc) is 2.14. The summed E-state index contributed by atoms with van der Waals surface area (Å²) in [6.07, 6.45) is 8.51. The topological polar surface area (TPSA) is 0 Å². The first-order valence-corrected chi connectivity index (χ1v) is 2.85. The van der Waals surface area contributed by atoms with E-state index in [2.05, 4.69) is 38.2 Å². The van der Waals surface area contributed by atoms with Gasteiger partial charge in [0.25, 0.3) is 0 Å². The van der Waals surface area contributed by atoms with Crippen molar-refractivity contribution in [2.24, 2.45) is 0 Å². The average molecular weight is 106 g/mol. The lowest BCUT2D eigenvalue weighted by Crippen LogP contribution is -1.60. The molecule has 0 spiro atoms. The Morgan fingerprint density at radius 1 is 1.38 bits per heavy atom. The van der Waals surface area contributed by atoms with Crippen LogP contribution in [0.5, 0.6) is 0 Å². The van der Waals surface area contributed by atoms with E-state index < -0.39 is 0 Å². The van der Waals surface area contributed by atoms with Crippen LogP contribution < -0.4 is 0 Å². The smallest absolute Gasteiger partial charge is 0.0297 e. The van der Waals surface area contributed by atoms with Gasteiger partial charge in [0.15, 0.2) is 0 Å². The second-order valence-electron chi connectivity index (χ2n) is 2.01. The van der Waals surface area contributed by atoms with Crippen LogP contribution in [0.4, 0.5) is 0 Å². The molecular weight excluding hydrogens is 96.1 g/mol. The van der Waals surface area contributed by atoms with Gasteiger partial charge in [0, 0.05) is 0 Å². The van der Waals surface area contributed by atoms with E-state index in [1.165, 1.54) is 11.1 Å². The summed E-state index contributed by atoms with van der Waals surface area (Å²) in [7, 11) is 0. The Bertz CT molecular complexity index is 168. The first-order valence-electron chi connectivity index (χ1n) is 2.85. The van der Waals surface area contributed by atoms with Gasteiger partial charge in [-0.3, -0.25) is 0 Å². The van der Waals surface area contributed by atoms with Crippen molar-refractivity contribution >= 4 is 0 Å². The van der Waals surface area contributed by atoms with E-state index in [1.807, 2.05) is 0 Å². The van der Waals surface area contributed by atoms with Crippen LogP contribution in [0.3, 0.4) is 0 Å². The third-order valence-corrected chi connectivity index (χ3v) is 1.27. The molecule has 0 heterocycles. The fraction of sp³-hybridized carbons (Fsp3) is 0.250. The molecule has 1 aliphatic rings. The van der Waals surface area contributed by atoms with Gasteiger partial charge in [-0.05, 0) is 19.4 Å². The standard InChI is InChI=1S/C8H10/c1-3-8-5-4-7(2)6-8/h3-6H,1-2H3/b8-3-. The highest BCUT2D eigenvalue weighted by Crippen LogP contribution is 2.12. The van der Waals surface area contributed by atoms with Crippen molar-refractivity contribution in [1.82, 2.24) is 0 Å². The summed E-state index contributed by atoms with van der Waals surface area (Å²) in [4.78, 5) is 0. The van der Waals surface area contributed by atoms with Gasteiger partial charge < -0.3 is 0 Å². The van der Waals surface area contributed by atoms with E-state index in [0.717, 1.165) is 0 Å². The van der Waals surface area contributed by atoms with Gasteiger partial charge in [0.2, 0.25) is 0 Å². The van der Waals surface area contributed by atoms with Crippen molar-refractivity contribution in [2.45, 2.75) is 13.8 Å². The molecule has 0 radical (unpaired) electrons. The van der Waals surface area contributed by atoms with Crippen molar-refractivity contribution in [2.75, 3.05) is 0 Å². The fourth-order valence-electron chi connectivity index (χ4n) is 0.766. The van der Waals surface area contributed by atoms with Gasteiger partial charge in [-0.15, -0.1) is 0 Å². The summed E-state index contributed by atoms with van der Waals surface area (Å²) in [5.41, 5.74) is 2.67. The maximum absolute atomic E-state index is 2.17. The summed E-state index contributed by atoms with van der Waals surface area (Å²) in [6, 6.07) is 0. The van der Waals surface area contributed by atoms with E-state index in [0.29, 0.717) is 0 Å². The van der Waals surface area contributed by atoms with E-state index in [-0.39, 0.29) is 0 Å². The largest absolute Gasteiger partial charge is 0.0804 e. The Balaban J connectivity index is 2.84. The second-order valence-corrected chi connectivity index (χ2v) is 2.01. The third kappa shape index (κ3) is 0.890. The van der Waals surface area contributed by atoms with E-state index in [4.69, 9.17) is 0 Å². The van der Waals surface area contributed by atoms with Crippen LogP contribution >= 0.6 is 0 Å². The molecule has 42 valence electrons. The Morgan fingerprint density at radius 2 is 2.12 bits per heavy atom. The van der Waals surface area contributed by atoms with Crippen LogP contribution in [-0.2, 0) is 0 Å². The minimum absolute atomic E-state index is 1.32. The van der Waals surface area contributed by atoms with Gasteiger partial charge in [-0.1, -0.05) is 29.9 Å². The minimum Gasteiger partial charge on any atom is -0.0804 e. The predicted molar refractivity (Wildman–Crippen MR) is 36.7 cm³/mol. The van der Waals surface area contributed by atoms with E-state index in [1.54, 1.807) is 0 Å². The number of hydrogen-bond acceptors (Lipinski definition) is 0. The zero-order valence-corrected chi connectivity index (χ0v) is 5.31. The van der Waals surface area contributed by atoms with E-state index in [9.17, 15) is 0 Å². The van der Waals surface area contributed by atoms with E-state index >= 15 is 0 Å². The number of rotatable bonds is 0. The molecule has 0 fully saturated rings. The summed E-state index contributed by atoms with van der Waals surface area (Å²) < 4.78 is 0. The maximum atomic E-state index is 2.17. The molecule has 0 aliphatic heterocycles. The Morgan fingerprint density at radius 3 is 2.38 bits per heavy atom. The summed E-state index contributed by atoms with van der Waals surface area (Å²) in [6.45, 7) is 4.15. The highest BCUT2D eigenvalue weighted by molar-refractivity contribution is 5.44. The third-order valence-electron chi connectivity index (χ3n) is 1.27. The van der Waals surface area contributed by atoms with Gasteiger partial charge in [0.1, 0.15) is 0 Å². The normalized spacial score (nSPS) is 22.2. The molecule has 0 unspecified atom stereocenters. The summed E-state index contributed by atoms with van der Waals surface area (Å²) in [5, 5.41) is 0. The van der Waals surface area contributed by atoms with Crippen LogP contribution in [0, 0.1) is 0 Å². The number of allylic oxidation sites excluding steroid dienone is 6. The highest BCUT2D eigenvalue weighted by Gasteiger charge is 1.92. The molecule has 1 aliphatic carbocycles. The van der Waals surface area contributed by atoms with Gasteiger partial charge >= 0.3 is 0 Å². The van der Waals surface area contributed by atoms with Crippen LogP contribution in [-0.4, -0.2) is 0 Å². The summed E-state index contributed by atoms with van der Waals surface area (Å²) >= 11 is 0. The first kappa shape index (κ1) is 5.36. The Hall–Kier alpha value is -0.780. The second kappa shape index (κ2) is 1.99. The van der Waals surface area contributed by atoms with Crippen molar-refractivity contribution in [1.29, 1.82) is 0 Å². The Kier molecular flexibility index (Phi) is 1.34. The SMILES string of the molecule is C/C=C1/C=CC(C)=C1. The molecule has 0 heteroatoms. The highest BCUT2D eigenvalue weighted by atomic mass is 14.0. The molecule has 8 heavy (non-hydrogen) atoms. The van der Waals surface area contributed by atoms with Crippen molar-refractivity contribution in [3.63, 3.8) is 0 Å². The molecule has 0 nitrogen and oxygen atoms in total.